The largest absolute Gasteiger partial charge is 0.480 e. The van der Waals surface area contributed by atoms with Crippen LogP contribution in [0, 0.1) is 0 Å². The monoisotopic (exact) mass is 331 g/mol. The zero-order chi connectivity index (χ0) is 15.4. The molecule has 1 aromatic heterocycles. The molecule has 10 heteroatoms. The molecule has 0 aromatic carbocycles. The fourth-order valence-corrected chi connectivity index (χ4v) is 3.46. The summed E-state index contributed by atoms with van der Waals surface area (Å²) in [6, 6.07) is 1.50. The van der Waals surface area contributed by atoms with E-state index in [0.29, 0.717) is 0 Å². The van der Waals surface area contributed by atoms with Gasteiger partial charge in [-0.25, -0.2) is 8.42 Å². The van der Waals surface area contributed by atoms with Crippen molar-refractivity contribution >= 4 is 27.3 Å². The van der Waals surface area contributed by atoms with E-state index in [4.69, 9.17) is 5.11 Å². The number of thiophene rings is 1. The second-order valence-electron chi connectivity index (χ2n) is 3.94. The quantitative estimate of drug-likeness (QED) is 0.802. The van der Waals surface area contributed by atoms with Gasteiger partial charge in [0.2, 0.25) is 10.0 Å². The molecule has 1 heterocycles. The number of sulfonamides is 1. The average Bonchev–Trinajstić information content (AvgIpc) is 2.76. The Hall–Kier alpha value is -1.13. The van der Waals surface area contributed by atoms with Crippen molar-refractivity contribution in [3.63, 3.8) is 0 Å². The van der Waals surface area contributed by atoms with Gasteiger partial charge in [0.15, 0.2) is 6.04 Å². The maximum absolute atomic E-state index is 11.9. The second-order valence-corrected chi connectivity index (χ2v) is 6.79. The minimum Gasteiger partial charge on any atom is -0.480 e. The molecule has 0 amide bonds. The van der Waals surface area contributed by atoms with Gasteiger partial charge >= 0.3 is 12.1 Å². The van der Waals surface area contributed by atoms with Crippen molar-refractivity contribution in [2.45, 2.75) is 25.1 Å². The summed E-state index contributed by atoms with van der Waals surface area (Å²) in [4.78, 5) is 11.3. The normalized spacial score (nSPS) is 14.2. The van der Waals surface area contributed by atoms with Gasteiger partial charge in [0.25, 0.3) is 0 Å². The fourth-order valence-electron chi connectivity index (χ4n) is 1.39. The number of carbonyl (C=O) groups is 1. The molecule has 5 nitrogen and oxygen atoms in total. The molecular weight excluding hydrogens is 319 g/mol. The zero-order valence-corrected chi connectivity index (χ0v) is 11.7. The van der Waals surface area contributed by atoms with Crippen molar-refractivity contribution in [2.24, 2.45) is 0 Å². The Morgan fingerprint density at radius 2 is 2.10 bits per heavy atom. The fraction of sp³-hybridized carbons (Fsp3) is 0.500. The van der Waals surface area contributed by atoms with Crippen molar-refractivity contribution in [2.75, 3.05) is 5.75 Å². The van der Waals surface area contributed by atoms with Crippen LogP contribution in [0.2, 0.25) is 0 Å². The van der Waals surface area contributed by atoms with Crippen molar-refractivity contribution < 1.29 is 31.5 Å². The summed E-state index contributed by atoms with van der Waals surface area (Å²) in [5.41, 5.74) is 0. The van der Waals surface area contributed by atoms with Gasteiger partial charge in [-0.05, 0) is 17.9 Å². The third-order valence-electron chi connectivity index (χ3n) is 2.25. The lowest BCUT2D eigenvalue weighted by Crippen LogP contribution is -2.35. The first-order chi connectivity index (χ1) is 9.11. The van der Waals surface area contributed by atoms with Crippen LogP contribution in [0.1, 0.15) is 23.8 Å². The van der Waals surface area contributed by atoms with E-state index in [-0.39, 0.29) is 4.88 Å². The predicted octanol–water partition coefficient (Wildman–Crippen LogP) is 2.14. The number of halogens is 3. The van der Waals surface area contributed by atoms with Crippen LogP contribution in [0.3, 0.4) is 0 Å². The number of nitrogens with one attached hydrogen (secondary N) is 1. The molecule has 0 saturated carbocycles. The van der Waals surface area contributed by atoms with Crippen molar-refractivity contribution in [1.82, 2.24) is 4.72 Å². The van der Waals surface area contributed by atoms with E-state index in [1.165, 1.54) is 6.07 Å². The van der Waals surface area contributed by atoms with Crippen LogP contribution in [0.25, 0.3) is 0 Å². The average molecular weight is 331 g/mol. The van der Waals surface area contributed by atoms with E-state index in [1.807, 2.05) is 4.72 Å². The number of hydrogen-bond donors (Lipinski definition) is 2. The highest BCUT2D eigenvalue weighted by Gasteiger charge is 2.30. The molecule has 0 saturated heterocycles. The number of alkyl halides is 3. The van der Waals surface area contributed by atoms with Gasteiger partial charge in [-0.15, -0.1) is 11.3 Å². The Bertz CT molecular complexity index is 539. The first-order valence-electron chi connectivity index (χ1n) is 5.44. The van der Waals surface area contributed by atoms with Crippen LogP contribution < -0.4 is 4.72 Å². The summed E-state index contributed by atoms with van der Waals surface area (Å²) in [6.45, 7) is 0. The first kappa shape index (κ1) is 16.9. The highest BCUT2D eigenvalue weighted by atomic mass is 32.2. The summed E-state index contributed by atoms with van der Waals surface area (Å²) in [5.74, 6) is -2.19. The molecule has 1 rings (SSSR count). The molecule has 0 radical (unpaired) electrons. The number of rotatable bonds is 7. The molecule has 2 N–H and O–H groups in total. The summed E-state index contributed by atoms with van der Waals surface area (Å²) in [5, 5.41) is 10.5. The molecule has 1 unspecified atom stereocenters. The van der Waals surface area contributed by atoms with Crippen LogP contribution in [-0.2, 0) is 14.8 Å². The number of carboxylic acid groups (broad SMARTS) is 1. The van der Waals surface area contributed by atoms with Gasteiger partial charge in [-0.1, -0.05) is 6.07 Å². The zero-order valence-electron chi connectivity index (χ0n) is 10.1. The van der Waals surface area contributed by atoms with Crippen LogP contribution in [0.15, 0.2) is 17.5 Å². The molecule has 0 spiro atoms. The second kappa shape index (κ2) is 6.55. The summed E-state index contributed by atoms with van der Waals surface area (Å²) < 4.78 is 60.9. The van der Waals surface area contributed by atoms with Crippen molar-refractivity contribution in [1.29, 1.82) is 0 Å². The van der Waals surface area contributed by atoms with E-state index in [9.17, 15) is 26.4 Å². The Morgan fingerprint density at radius 3 is 2.55 bits per heavy atom. The van der Waals surface area contributed by atoms with E-state index in [1.54, 1.807) is 11.4 Å². The number of aliphatic carboxylic acids is 1. The summed E-state index contributed by atoms with van der Waals surface area (Å²) in [6.07, 6.45) is -6.28. The minimum absolute atomic E-state index is 0.261. The Kier molecular flexibility index (Phi) is 5.54. The third-order valence-corrected chi connectivity index (χ3v) is 4.60. The van der Waals surface area contributed by atoms with Crippen LogP contribution in [0.5, 0.6) is 0 Å². The molecule has 0 fully saturated rings. The predicted molar refractivity (Wildman–Crippen MR) is 66.9 cm³/mol. The molecule has 114 valence electrons. The SMILES string of the molecule is O=C(O)C(NS(=O)(=O)CCCC(F)(F)F)c1cccs1. The van der Waals surface area contributed by atoms with Crippen molar-refractivity contribution in [3.8, 4) is 0 Å². The van der Waals surface area contributed by atoms with E-state index in [0.717, 1.165) is 11.3 Å². The highest BCUT2D eigenvalue weighted by molar-refractivity contribution is 7.89. The lowest BCUT2D eigenvalue weighted by molar-refractivity contribution is -0.139. The molecule has 20 heavy (non-hydrogen) atoms. The molecule has 1 aromatic rings. The van der Waals surface area contributed by atoms with Gasteiger partial charge < -0.3 is 5.11 Å². The van der Waals surface area contributed by atoms with Gasteiger partial charge in [0, 0.05) is 11.3 Å². The van der Waals surface area contributed by atoms with Crippen LogP contribution in [0.4, 0.5) is 13.2 Å². The molecule has 0 aliphatic rings. The number of hydrogen-bond acceptors (Lipinski definition) is 4. The molecule has 1 atom stereocenters. The maximum atomic E-state index is 11.9. The topological polar surface area (TPSA) is 83.5 Å². The van der Waals surface area contributed by atoms with Gasteiger partial charge in [0.1, 0.15) is 0 Å². The highest BCUT2D eigenvalue weighted by Crippen LogP contribution is 2.23. The molecule has 0 aliphatic heterocycles. The van der Waals surface area contributed by atoms with E-state index < -0.39 is 46.8 Å². The van der Waals surface area contributed by atoms with Gasteiger partial charge in [0.05, 0.1) is 5.75 Å². The van der Waals surface area contributed by atoms with Crippen LogP contribution >= 0.6 is 11.3 Å². The lowest BCUT2D eigenvalue weighted by atomic mass is 10.3. The Balaban J connectivity index is 2.66. The molecular formula is C10H12F3NO4S2. The van der Waals surface area contributed by atoms with Crippen LogP contribution in [-0.4, -0.2) is 31.4 Å². The standard InChI is InChI=1S/C10H12F3NO4S2/c11-10(12,13)4-2-6-20(17,18)14-8(9(15)16)7-3-1-5-19-7/h1,3,5,8,14H,2,4,6H2,(H,15,16). The Morgan fingerprint density at radius 1 is 1.45 bits per heavy atom. The Labute approximate surface area is 117 Å². The lowest BCUT2D eigenvalue weighted by Gasteiger charge is -2.13. The maximum Gasteiger partial charge on any atom is 0.389 e. The smallest absolute Gasteiger partial charge is 0.389 e. The van der Waals surface area contributed by atoms with Crippen molar-refractivity contribution in [3.05, 3.63) is 22.4 Å². The van der Waals surface area contributed by atoms with Gasteiger partial charge in [-0.2, -0.15) is 17.9 Å². The van der Waals surface area contributed by atoms with Gasteiger partial charge in [-0.3, -0.25) is 4.79 Å². The molecule has 0 bridgehead atoms. The molecule has 0 aliphatic carbocycles. The van der Waals surface area contributed by atoms with E-state index >= 15 is 0 Å². The third kappa shape index (κ3) is 5.88. The minimum atomic E-state index is -4.44. The number of carboxylic acids is 1. The van der Waals surface area contributed by atoms with E-state index in [2.05, 4.69) is 0 Å². The summed E-state index contributed by atoms with van der Waals surface area (Å²) in [7, 11) is -4.10. The summed E-state index contributed by atoms with van der Waals surface area (Å²) >= 11 is 1.04. The first-order valence-corrected chi connectivity index (χ1v) is 7.97.